The number of aromatic amines is 1. The standard InChI is InChI=1S/C14H11N3OS/c18-14(10-8-15-16-9-10)17-12-5-2-1-4-11(12)13-6-3-7-19-13/h1-9H,(H,15,16)(H,17,18). The highest BCUT2D eigenvalue weighted by Crippen LogP contribution is 2.31. The molecule has 5 heteroatoms. The molecule has 1 aromatic carbocycles. The number of para-hydroxylation sites is 1. The molecule has 3 rings (SSSR count). The van der Waals surface area contributed by atoms with Crippen molar-refractivity contribution in [3.8, 4) is 10.4 Å². The maximum absolute atomic E-state index is 12.0. The Hall–Kier alpha value is -2.40. The van der Waals surface area contributed by atoms with Crippen LogP contribution in [0, 0.1) is 0 Å². The summed E-state index contributed by atoms with van der Waals surface area (Å²) in [6.45, 7) is 0. The zero-order valence-corrected chi connectivity index (χ0v) is 10.8. The zero-order chi connectivity index (χ0) is 13.1. The number of nitrogens with one attached hydrogen (secondary N) is 2. The van der Waals surface area contributed by atoms with Gasteiger partial charge in [-0.15, -0.1) is 11.3 Å². The summed E-state index contributed by atoms with van der Waals surface area (Å²) < 4.78 is 0. The molecule has 0 aliphatic carbocycles. The molecule has 2 aromatic heterocycles. The molecule has 0 bridgehead atoms. The lowest BCUT2D eigenvalue weighted by Gasteiger charge is -2.08. The third-order valence-corrected chi connectivity index (χ3v) is 3.63. The van der Waals surface area contributed by atoms with Gasteiger partial charge in [0.05, 0.1) is 11.8 Å². The van der Waals surface area contributed by atoms with E-state index in [2.05, 4.69) is 15.5 Å². The van der Waals surface area contributed by atoms with Crippen LogP contribution in [0.2, 0.25) is 0 Å². The van der Waals surface area contributed by atoms with Gasteiger partial charge in [0.2, 0.25) is 0 Å². The largest absolute Gasteiger partial charge is 0.321 e. The molecule has 3 aromatic rings. The monoisotopic (exact) mass is 269 g/mol. The Morgan fingerprint density at radius 1 is 1.21 bits per heavy atom. The van der Waals surface area contributed by atoms with Crippen LogP contribution < -0.4 is 5.32 Å². The van der Waals surface area contributed by atoms with Crippen LogP contribution in [0.4, 0.5) is 5.69 Å². The van der Waals surface area contributed by atoms with Crippen molar-refractivity contribution in [2.24, 2.45) is 0 Å². The number of amides is 1. The fraction of sp³-hybridized carbons (Fsp3) is 0. The Bertz CT molecular complexity index is 675. The van der Waals surface area contributed by atoms with Crippen molar-refractivity contribution in [1.29, 1.82) is 0 Å². The Balaban J connectivity index is 1.92. The van der Waals surface area contributed by atoms with E-state index >= 15 is 0 Å². The van der Waals surface area contributed by atoms with Crippen LogP contribution in [-0.2, 0) is 0 Å². The van der Waals surface area contributed by atoms with Crippen molar-refractivity contribution in [3.63, 3.8) is 0 Å². The van der Waals surface area contributed by atoms with Gasteiger partial charge in [-0.05, 0) is 17.5 Å². The van der Waals surface area contributed by atoms with Gasteiger partial charge in [-0.25, -0.2) is 0 Å². The van der Waals surface area contributed by atoms with Gasteiger partial charge in [0.1, 0.15) is 0 Å². The number of hydrogen-bond donors (Lipinski definition) is 2. The summed E-state index contributed by atoms with van der Waals surface area (Å²) in [4.78, 5) is 13.2. The highest BCUT2D eigenvalue weighted by atomic mass is 32.1. The molecule has 1 amide bonds. The number of carbonyl (C=O) groups is 1. The summed E-state index contributed by atoms with van der Waals surface area (Å²) >= 11 is 1.64. The molecule has 0 unspecified atom stereocenters. The highest BCUT2D eigenvalue weighted by Gasteiger charge is 2.11. The average Bonchev–Trinajstić information content (AvgIpc) is 3.13. The lowest BCUT2D eigenvalue weighted by atomic mass is 10.1. The van der Waals surface area contributed by atoms with Crippen LogP contribution in [0.5, 0.6) is 0 Å². The smallest absolute Gasteiger partial charge is 0.258 e. The topological polar surface area (TPSA) is 57.8 Å². The third kappa shape index (κ3) is 2.41. The van der Waals surface area contributed by atoms with Gasteiger partial charge >= 0.3 is 0 Å². The number of benzene rings is 1. The van der Waals surface area contributed by atoms with Crippen LogP contribution in [0.25, 0.3) is 10.4 Å². The summed E-state index contributed by atoms with van der Waals surface area (Å²) in [7, 11) is 0. The molecular formula is C14H11N3OS. The number of carbonyl (C=O) groups excluding carboxylic acids is 1. The van der Waals surface area contributed by atoms with Crippen molar-refractivity contribution in [1.82, 2.24) is 10.2 Å². The first-order valence-electron chi connectivity index (χ1n) is 5.77. The molecular weight excluding hydrogens is 258 g/mol. The van der Waals surface area contributed by atoms with Crippen LogP contribution in [0.1, 0.15) is 10.4 Å². The number of thiophene rings is 1. The van der Waals surface area contributed by atoms with E-state index in [-0.39, 0.29) is 5.91 Å². The van der Waals surface area contributed by atoms with Crippen LogP contribution in [0.3, 0.4) is 0 Å². The lowest BCUT2D eigenvalue weighted by Crippen LogP contribution is -2.11. The maximum Gasteiger partial charge on any atom is 0.258 e. The predicted octanol–water partition coefficient (Wildman–Crippen LogP) is 3.39. The van der Waals surface area contributed by atoms with Gasteiger partial charge in [-0.1, -0.05) is 24.3 Å². The second kappa shape index (κ2) is 5.07. The fourth-order valence-electron chi connectivity index (χ4n) is 1.81. The number of hydrogen-bond acceptors (Lipinski definition) is 3. The second-order valence-corrected chi connectivity index (χ2v) is 4.91. The van der Waals surface area contributed by atoms with Gasteiger partial charge in [-0.3, -0.25) is 9.89 Å². The quantitative estimate of drug-likeness (QED) is 0.765. The van der Waals surface area contributed by atoms with E-state index in [1.165, 1.54) is 6.20 Å². The SMILES string of the molecule is O=C(Nc1ccccc1-c1cccs1)c1cn[nH]c1. The summed E-state index contributed by atoms with van der Waals surface area (Å²) in [6, 6.07) is 11.8. The van der Waals surface area contributed by atoms with Gasteiger partial charge in [0.25, 0.3) is 5.91 Å². The van der Waals surface area contributed by atoms with E-state index in [4.69, 9.17) is 0 Å². The van der Waals surface area contributed by atoms with Crippen molar-refractivity contribution in [3.05, 3.63) is 59.7 Å². The Morgan fingerprint density at radius 3 is 2.84 bits per heavy atom. The molecule has 19 heavy (non-hydrogen) atoms. The Morgan fingerprint density at radius 2 is 2.11 bits per heavy atom. The number of nitrogens with zero attached hydrogens (tertiary/aromatic N) is 1. The minimum Gasteiger partial charge on any atom is -0.321 e. The summed E-state index contributed by atoms with van der Waals surface area (Å²) in [5, 5.41) is 11.3. The number of aromatic nitrogens is 2. The van der Waals surface area contributed by atoms with Gasteiger partial charge < -0.3 is 5.32 Å². The molecule has 0 saturated carbocycles. The average molecular weight is 269 g/mol. The van der Waals surface area contributed by atoms with E-state index in [1.54, 1.807) is 17.5 Å². The maximum atomic E-state index is 12.0. The Kier molecular flexibility index (Phi) is 3.12. The molecule has 4 nitrogen and oxygen atoms in total. The molecule has 0 aliphatic rings. The number of H-pyrrole nitrogens is 1. The van der Waals surface area contributed by atoms with Gasteiger partial charge in [0.15, 0.2) is 0 Å². The van der Waals surface area contributed by atoms with Crippen molar-refractivity contribution in [2.75, 3.05) is 5.32 Å². The van der Waals surface area contributed by atoms with Crippen LogP contribution in [0.15, 0.2) is 54.2 Å². The normalized spacial score (nSPS) is 10.3. The van der Waals surface area contributed by atoms with Crippen molar-refractivity contribution < 1.29 is 4.79 Å². The van der Waals surface area contributed by atoms with Crippen molar-refractivity contribution >= 4 is 22.9 Å². The molecule has 0 fully saturated rings. The molecule has 0 aliphatic heterocycles. The van der Waals surface area contributed by atoms with Crippen molar-refractivity contribution in [2.45, 2.75) is 0 Å². The third-order valence-electron chi connectivity index (χ3n) is 2.72. The minimum absolute atomic E-state index is 0.169. The predicted molar refractivity (Wildman–Crippen MR) is 76.3 cm³/mol. The number of anilines is 1. The molecule has 0 spiro atoms. The molecule has 2 N–H and O–H groups in total. The molecule has 0 atom stereocenters. The van der Waals surface area contributed by atoms with Crippen LogP contribution in [-0.4, -0.2) is 16.1 Å². The van der Waals surface area contributed by atoms with E-state index < -0.39 is 0 Å². The first-order chi connectivity index (χ1) is 9.34. The Labute approximate surface area is 114 Å². The van der Waals surface area contributed by atoms with E-state index in [9.17, 15) is 4.79 Å². The minimum atomic E-state index is -0.169. The molecule has 0 radical (unpaired) electrons. The zero-order valence-electron chi connectivity index (χ0n) is 9.96. The molecule has 0 saturated heterocycles. The first kappa shape index (κ1) is 11.7. The lowest BCUT2D eigenvalue weighted by molar-refractivity contribution is 0.102. The van der Waals surface area contributed by atoms with E-state index in [1.807, 2.05) is 41.8 Å². The number of rotatable bonds is 3. The highest BCUT2D eigenvalue weighted by molar-refractivity contribution is 7.13. The van der Waals surface area contributed by atoms with Gasteiger partial charge in [-0.2, -0.15) is 5.10 Å². The van der Waals surface area contributed by atoms with E-state index in [0.717, 1.165) is 16.1 Å². The molecule has 94 valence electrons. The summed E-state index contributed by atoms with van der Waals surface area (Å²) in [5.74, 6) is -0.169. The second-order valence-electron chi connectivity index (χ2n) is 3.96. The summed E-state index contributed by atoms with van der Waals surface area (Å²) in [5.41, 5.74) is 2.34. The fourth-order valence-corrected chi connectivity index (χ4v) is 2.57. The van der Waals surface area contributed by atoms with E-state index in [0.29, 0.717) is 5.56 Å². The van der Waals surface area contributed by atoms with Gasteiger partial charge in [0, 0.05) is 22.3 Å². The van der Waals surface area contributed by atoms with Crippen LogP contribution >= 0.6 is 11.3 Å². The first-order valence-corrected chi connectivity index (χ1v) is 6.65. The summed E-state index contributed by atoms with van der Waals surface area (Å²) in [6.07, 6.45) is 3.08. The molecule has 2 heterocycles.